The first-order chi connectivity index (χ1) is 8.93. The summed E-state index contributed by atoms with van der Waals surface area (Å²) >= 11 is 1.76. The van der Waals surface area contributed by atoms with Crippen molar-refractivity contribution < 1.29 is 9.90 Å². The number of hydrogen-bond acceptors (Lipinski definition) is 4. The molecule has 0 aromatic heterocycles. The van der Waals surface area contributed by atoms with E-state index in [2.05, 4.69) is 24.1 Å². The summed E-state index contributed by atoms with van der Waals surface area (Å²) in [6.45, 7) is 6.74. The number of hydrogen-bond donors (Lipinski definition) is 2. The van der Waals surface area contributed by atoms with E-state index in [1.165, 1.54) is 12.8 Å². The second kappa shape index (κ2) is 6.02. The Morgan fingerprint density at radius 2 is 2.11 bits per heavy atom. The van der Waals surface area contributed by atoms with Crippen LogP contribution in [0.3, 0.4) is 0 Å². The van der Waals surface area contributed by atoms with Gasteiger partial charge in [0.25, 0.3) is 0 Å². The van der Waals surface area contributed by atoms with Gasteiger partial charge in [-0.1, -0.05) is 0 Å². The molecule has 4 unspecified atom stereocenters. The number of carbonyl (C=O) groups excluding carboxylic acids is 1. The molecule has 2 heterocycles. The maximum atomic E-state index is 12.2. The molecule has 2 aliphatic heterocycles. The Morgan fingerprint density at radius 3 is 2.63 bits per heavy atom. The third-order valence-corrected chi connectivity index (χ3v) is 5.76. The van der Waals surface area contributed by atoms with Crippen LogP contribution in [0.4, 0.5) is 0 Å². The second-order valence-corrected chi connectivity index (χ2v) is 7.25. The lowest BCUT2D eigenvalue weighted by atomic mass is 10.0. The normalized spacial score (nSPS) is 37.5. The average Bonchev–Trinajstić information content (AvgIpc) is 2.93. The van der Waals surface area contributed by atoms with Gasteiger partial charge >= 0.3 is 0 Å². The van der Waals surface area contributed by atoms with E-state index >= 15 is 0 Å². The second-order valence-electron chi connectivity index (χ2n) is 6.14. The molecule has 2 fully saturated rings. The van der Waals surface area contributed by atoms with Crippen LogP contribution in [0.1, 0.15) is 40.0 Å². The lowest BCUT2D eigenvalue weighted by Crippen LogP contribution is -2.52. The first-order valence-electron chi connectivity index (χ1n) is 7.28. The number of aliphatic hydroxyl groups is 1. The maximum Gasteiger partial charge on any atom is 0.237 e. The largest absolute Gasteiger partial charge is 0.387 e. The minimum absolute atomic E-state index is 0.0472. The van der Waals surface area contributed by atoms with Crippen molar-refractivity contribution in [2.24, 2.45) is 0 Å². The Labute approximate surface area is 120 Å². The number of nitrogens with zero attached hydrogens (tertiary/aromatic N) is 1. The molecule has 2 N–H and O–H groups in total. The molecule has 4 nitrogen and oxygen atoms in total. The van der Waals surface area contributed by atoms with Crippen molar-refractivity contribution >= 4 is 17.7 Å². The number of rotatable bonds is 4. The third-order valence-electron chi connectivity index (χ3n) is 4.52. The summed E-state index contributed by atoms with van der Waals surface area (Å²) in [6.07, 6.45) is 3.11. The topological polar surface area (TPSA) is 52.6 Å². The summed E-state index contributed by atoms with van der Waals surface area (Å²) in [6, 6.07) is 0.840. The monoisotopic (exact) mass is 286 g/mol. The highest BCUT2D eigenvalue weighted by atomic mass is 32.2. The van der Waals surface area contributed by atoms with Crippen LogP contribution in [0.2, 0.25) is 0 Å². The lowest BCUT2D eigenvalue weighted by Gasteiger charge is -2.32. The van der Waals surface area contributed by atoms with Crippen molar-refractivity contribution in [3.05, 3.63) is 0 Å². The van der Waals surface area contributed by atoms with Crippen LogP contribution in [0.25, 0.3) is 0 Å². The Morgan fingerprint density at radius 1 is 1.47 bits per heavy atom. The van der Waals surface area contributed by atoms with Gasteiger partial charge in [-0.05, 0) is 45.8 Å². The summed E-state index contributed by atoms with van der Waals surface area (Å²) in [5, 5.41) is 13.2. The van der Waals surface area contributed by atoms with Gasteiger partial charge in [0.05, 0.1) is 11.6 Å². The summed E-state index contributed by atoms with van der Waals surface area (Å²) in [5.74, 6) is 1.77. The molecule has 5 heteroatoms. The molecule has 110 valence electrons. The van der Waals surface area contributed by atoms with E-state index in [1.807, 2.05) is 6.92 Å². The molecule has 0 spiro atoms. The van der Waals surface area contributed by atoms with Gasteiger partial charge in [0, 0.05) is 24.4 Å². The van der Waals surface area contributed by atoms with Crippen LogP contribution >= 0.6 is 11.8 Å². The number of likely N-dealkylation sites (tertiary alicyclic amines) is 1. The summed E-state index contributed by atoms with van der Waals surface area (Å²) in [5.41, 5.74) is -0.692. The zero-order valence-corrected chi connectivity index (χ0v) is 13.0. The smallest absolute Gasteiger partial charge is 0.237 e. The molecule has 1 amide bonds. The zero-order chi connectivity index (χ0) is 14.0. The van der Waals surface area contributed by atoms with Gasteiger partial charge in [0.2, 0.25) is 5.91 Å². The first kappa shape index (κ1) is 15.1. The van der Waals surface area contributed by atoms with Crippen LogP contribution < -0.4 is 5.32 Å². The standard InChI is InChI=1S/C14H26N2O2S/c1-10-4-5-11(2)16(10)12(3)13(17)15-8-14(18)6-7-19-9-14/h10-12,18H,4-9H2,1-3H3,(H,15,17). The molecule has 4 atom stereocenters. The molecule has 0 bridgehead atoms. The highest BCUT2D eigenvalue weighted by Gasteiger charge is 2.36. The number of carbonyl (C=O) groups is 1. The van der Waals surface area contributed by atoms with Crippen molar-refractivity contribution in [1.29, 1.82) is 0 Å². The highest BCUT2D eigenvalue weighted by Crippen LogP contribution is 2.28. The SMILES string of the molecule is CC1CCC(C)N1C(C)C(=O)NCC1(O)CCSC1. The van der Waals surface area contributed by atoms with E-state index in [-0.39, 0.29) is 11.9 Å². The number of amides is 1. The van der Waals surface area contributed by atoms with Crippen molar-refractivity contribution in [1.82, 2.24) is 10.2 Å². The van der Waals surface area contributed by atoms with Gasteiger partial charge in [-0.25, -0.2) is 0 Å². The van der Waals surface area contributed by atoms with Crippen LogP contribution in [-0.4, -0.2) is 57.7 Å². The zero-order valence-electron chi connectivity index (χ0n) is 12.2. The summed E-state index contributed by atoms with van der Waals surface area (Å²) in [4.78, 5) is 14.5. The van der Waals surface area contributed by atoms with Gasteiger partial charge in [-0.3, -0.25) is 9.69 Å². The van der Waals surface area contributed by atoms with Gasteiger partial charge in [-0.15, -0.1) is 0 Å². The number of nitrogens with one attached hydrogen (secondary N) is 1. The predicted octanol–water partition coefficient (Wildman–Crippen LogP) is 1.23. The van der Waals surface area contributed by atoms with E-state index in [0.717, 1.165) is 17.9 Å². The Hall–Kier alpha value is -0.260. The minimum atomic E-state index is -0.692. The Balaban J connectivity index is 1.85. The van der Waals surface area contributed by atoms with E-state index < -0.39 is 5.60 Å². The molecule has 0 saturated carbocycles. The lowest BCUT2D eigenvalue weighted by molar-refractivity contribution is -0.127. The quantitative estimate of drug-likeness (QED) is 0.816. The molecule has 2 aliphatic rings. The fourth-order valence-electron chi connectivity index (χ4n) is 3.25. The van der Waals surface area contributed by atoms with Crippen LogP contribution in [-0.2, 0) is 4.79 Å². The molecule has 0 aliphatic carbocycles. The molecular formula is C14H26N2O2S. The number of thioether (sulfide) groups is 1. The van der Waals surface area contributed by atoms with Crippen molar-refractivity contribution in [2.75, 3.05) is 18.1 Å². The summed E-state index contributed by atoms with van der Waals surface area (Å²) in [7, 11) is 0. The molecule has 0 aromatic carbocycles. The Kier molecular flexibility index (Phi) is 4.79. The van der Waals surface area contributed by atoms with Crippen molar-refractivity contribution in [3.8, 4) is 0 Å². The van der Waals surface area contributed by atoms with Crippen molar-refractivity contribution in [2.45, 2.75) is 63.8 Å². The molecule has 0 radical (unpaired) electrons. The maximum absolute atomic E-state index is 12.2. The van der Waals surface area contributed by atoms with Gasteiger partial charge in [-0.2, -0.15) is 11.8 Å². The predicted molar refractivity (Wildman–Crippen MR) is 79.4 cm³/mol. The molecule has 0 aromatic rings. The molecule has 2 rings (SSSR count). The fourth-order valence-corrected chi connectivity index (χ4v) is 4.54. The van der Waals surface area contributed by atoms with Crippen LogP contribution in [0.15, 0.2) is 0 Å². The van der Waals surface area contributed by atoms with E-state index in [0.29, 0.717) is 18.6 Å². The van der Waals surface area contributed by atoms with Crippen molar-refractivity contribution in [3.63, 3.8) is 0 Å². The summed E-state index contributed by atoms with van der Waals surface area (Å²) < 4.78 is 0. The van der Waals surface area contributed by atoms with Crippen LogP contribution in [0, 0.1) is 0 Å². The Bertz CT molecular complexity index is 321. The van der Waals surface area contributed by atoms with Gasteiger partial charge in [0.1, 0.15) is 0 Å². The third kappa shape index (κ3) is 3.44. The van der Waals surface area contributed by atoms with E-state index in [4.69, 9.17) is 0 Å². The fraction of sp³-hybridized carbons (Fsp3) is 0.929. The molecular weight excluding hydrogens is 260 g/mol. The average molecular weight is 286 g/mol. The van der Waals surface area contributed by atoms with Crippen LogP contribution in [0.5, 0.6) is 0 Å². The molecule has 2 saturated heterocycles. The highest BCUT2D eigenvalue weighted by molar-refractivity contribution is 7.99. The molecule has 19 heavy (non-hydrogen) atoms. The van der Waals surface area contributed by atoms with Gasteiger partial charge < -0.3 is 10.4 Å². The van der Waals surface area contributed by atoms with E-state index in [9.17, 15) is 9.90 Å². The minimum Gasteiger partial charge on any atom is -0.387 e. The van der Waals surface area contributed by atoms with Gasteiger partial charge in [0.15, 0.2) is 0 Å². The first-order valence-corrected chi connectivity index (χ1v) is 8.44. The van der Waals surface area contributed by atoms with E-state index in [1.54, 1.807) is 11.8 Å².